The van der Waals surface area contributed by atoms with Crippen LogP contribution in [0.5, 0.6) is 34.5 Å². The van der Waals surface area contributed by atoms with Gasteiger partial charge in [0.25, 0.3) is 0 Å². The summed E-state index contributed by atoms with van der Waals surface area (Å²) < 4.78 is 32.4. The number of hydrogen-bond acceptors (Lipinski definition) is 13. The summed E-state index contributed by atoms with van der Waals surface area (Å²) in [5, 5.41) is 60.6. The van der Waals surface area contributed by atoms with E-state index >= 15 is 0 Å². The van der Waals surface area contributed by atoms with E-state index in [1.807, 2.05) is 0 Å². The highest BCUT2D eigenvalue weighted by atomic mass is 16.7. The molecule has 6 N–H and O–H groups in total. The van der Waals surface area contributed by atoms with Crippen molar-refractivity contribution in [1.29, 1.82) is 0 Å². The van der Waals surface area contributed by atoms with Crippen LogP contribution < -0.4 is 24.4 Å². The van der Waals surface area contributed by atoms with Gasteiger partial charge in [-0.2, -0.15) is 0 Å². The van der Waals surface area contributed by atoms with Crippen LogP contribution in [0.4, 0.5) is 0 Å². The minimum Gasteiger partial charge on any atom is -0.504 e. The van der Waals surface area contributed by atoms with Crippen LogP contribution >= 0.6 is 0 Å². The number of phenols is 2. The highest BCUT2D eigenvalue weighted by Crippen LogP contribution is 2.45. The third-order valence-corrected chi connectivity index (χ3v) is 5.98. The van der Waals surface area contributed by atoms with Crippen LogP contribution in [0.1, 0.15) is 0 Å². The molecule has 3 aromatic rings. The molecule has 0 amide bonds. The zero-order chi connectivity index (χ0) is 27.0. The topological polar surface area (TPSA) is 198 Å². The third kappa shape index (κ3) is 4.47. The van der Waals surface area contributed by atoms with Crippen molar-refractivity contribution in [2.45, 2.75) is 30.7 Å². The third-order valence-electron chi connectivity index (χ3n) is 5.98. The second-order valence-electron chi connectivity index (χ2n) is 8.13. The first-order chi connectivity index (χ1) is 17.7. The van der Waals surface area contributed by atoms with Gasteiger partial charge in [0.1, 0.15) is 35.4 Å². The van der Waals surface area contributed by atoms with E-state index in [2.05, 4.69) is 0 Å². The van der Waals surface area contributed by atoms with Crippen molar-refractivity contribution < 1.29 is 58.7 Å². The zero-order valence-corrected chi connectivity index (χ0v) is 19.9. The summed E-state index contributed by atoms with van der Waals surface area (Å²) in [6.45, 7) is -0.683. The number of rotatable bonds is 7. The predicted octanol–water partition coefficient (Wildman–Crippen LogP) is 0.0757. The minimum absolute atomic E-state index is 0.0821. The van der Waals surface area contributed by atoms with Crippen LogP contribution in [0.25, 0.3) is 22.3 Å². The van der Waals surface area contributed by atoms with Crippen molar-refractivity contribution in [2.24, 2.45) is 0 Å². The molecule has 37 heavy (non-hydrogen) atoms. The van der Waals surface area contributed by atoms with Gasteiger partial charge in [0.05, 0.1) is 27.9 Å². The molecule has 1 fully saturated rings. The van der Waals surface area contributed by atoms with Crippen LogP contribution in [-0.4, -0.2) is 89.3 Å². The summed E-state index contributed by atoms with van der Waals surface area (Å²) in [6, 6.07) is 5.44. The van der Waals surface area contributed by atoms with E-state index in [1.54, 1.807) is 0 Å². The Balaban J connectivity index is 1.87. The van der Waals surface area contributed by atoms with Crippen LogP contribution in [-0.2, 0) is 4.74 Å². The van der Waals surface area contributed by atoms with Crippen molar-refractivity contribution in [1.82, 2.24) is 0 Å². The van der Waals surface area contributed by atoms with Gasteiger partial charge in [0, 0.05) is 11.6 Å². The molecule has 13 nitrogen and oxygen atoms in total. The maximum absolute atomic E-state index is 13.3. The number of aliphatic hydroxyl groups is 4. The largest absolute Gasteiger partial charge is 0.504 e. The van der Waals surface area contributed by atoms with Crippen molar-refractivity contribution in [3.05, 3.63) is 34.5 Å². The number of fused-ring (bicyclic) bond motifs is 1. The standard InChI is InChI=1S/C24H26O13/c1-32-11-5-4-9(6-10(11)26)21-23(34-3)18(29)15-12(35-21)7-13(22(33-2)17(15)28)36-24-20(31)19(30)16(27)14(8-25)37-24/h4-7,14,16,19-20,24-28,30-31H,8H2,1-3H3/t14-,16-,19-,20-,24-/m0/s1. The van der Waals surface area contributed by atoms with E-state index in [4.69, 9.17) is 28.1 Å². The molecule has 2 aromatic carbocycles. The normalized spacial score (nSPS) is 23.6. The lowest BCUT2D eigenvalue weighted by Gasteiger charge is -2.39. The van der Waals surface area contributed by atoms with Gasteiger partial charge >= 0.3 is 0 Å². The average molecular weight is 522 g/mol. The molecule has 5 atom stereocenters. The number of aromatic hydroxyl groups is 2. The number of benzene rings is 2. The molecule has 2 heterocycles. The fourth-order valence-electron chi connectivity index (χ4n) is 4.06. The molecular weight excluding hydrogens is 496 g/mol. The van der Waals surface area contributed by atoms with Gasteiger partial charge in [-0.25, -0.2) is 0 Å². The van der Waals surface area contributed by atoms with E-state index in [0.29, 0.717) is 0 Å². The number of phenolic OH excluding ortho intramolecular Hbond substituents is 2. The van der Waals surface area contributed by atoms with Gasteiger partial charge in [0.15, 0.2) is 28.8 Å². The maximum Gasteiger partial charge on any atom is 0.239 e. The molecule has 200 valence electrons. The number of ether oxygens (including phenoxy) is 5. The quantitative estimate of drug-likeness (QED) is 0.244. The zero-order valence-electron chi connectivity index (χ0n) is 19.9. The van der Waals surface area contributed by atoms with Crippen molar-refractivity contribution >= 4 is 11.0 Å². The molecule has 0 spiro atoms. The summed E-state index contributed by atoms with van der Waals surface area (Å²) in [6.07, 6.45) is -7.93. The van der Waals surface area contributed by atoms with E-state index in [1.165, 1.54) is 45.6 Å². The fourth-order valence-corrected chi connectivity index (χ4v) is 4.06. The minimum atomic E-state index is -1.75. The molecule has 0 unspecified atom stereocenters. The lowest BCUT2D eigenvalue weighted by molar-refractivity contribution is -0.277. The number of aliphatic hydroxyl groups excluding tert-OH is 4. The summed E-state index contributed by atoms with van der Waals surface area (Å²) in [5.41, 5.74) is -0.695. The van der Waals surface area contributed by atoms with Crippen LogP contribution in [0.3, 0.4) is 0 Å². The van der Waals surface area contributed by atoms with Crippen LogP contribution in [0.15, 0.2) is 33.5 Å². The van der Waals surface area contributed by atoms with E-state index in [-0.39, 0.29) is 51.0 Å². The van der Waals surface area contributed by atoms with Crippen LogP contribution in [0.2, 0.25) is 0 Å². The smallest absolute Gasteiger partial charge is 0.239 e. The first-order valence-electron chi connectivity index (χ1n) is 11.0. The summed E-state index contributed by atoms with van der Waals surface area (Å²) >= 11 is 0. The van der Waals surface area contributed by atoms with Crippen molar-refractivity contribution in [3.8, 4) is 45.8 Å². The van der Waals surface area contributed by atoms with Gasteiger partial charge < -0.3 is 58.7 Å². The summed E-state index contributed by atoms with van der Waals surface area (Å²) in [4.78, 5) is 13.3. The Labute approximate surface area is 209 Å². The maximum atomic E-state index is 13.3. The van der Waals surface area contributed by atoms with Gasteiger partial charge in [-0.15, -0.1) is 0 Å². The first-order valence-corrected chi connectivity index (χ1v) is 11.0. The van der Waals surface area contributed by atoms with Gasteiger partial charge in [-0.05, 0) is 18.2 Å². The van der Waals surface area contributed by atoms with Gasteiger partial charge in [-0.1, -0.05) is 0 Å². The monoisotopic (exact) mass is 522 g/mol. The molecule has 0 saturated carbocycles. The first kappa shape index (κ1) is 26.3. The summed E-state index contributed by atoms with van der Waals surface area (Å²) in [7, 11) is 3.79. The molecular formula is C24H26O13. The lowest BCUT2D eigenvalue weighted by atomic mass is 9.99. The Hall–Kier alpha value is -3.75. The molecule has 1 aliphatic heterocycles. The molecule has 1 saturated heterocycles. The van der Waals surface area contributed by atoms with Gasteiger partial charge in [0.2, 0.25) is 23.2 Å². The summed E-state index contributed by atoms with van der Waals surface area (Å²) in [5.74, 6) is -1.64. The predicted molar refractivity (Wildman–Crippen MR) is 125 cm³/mol. The molecule has 0 bridgehead atoms. The fraction of sp³-hybridized carbons (Fsp3) is 0.375. The highest BCUT2D eigenvalue weighted by Gasteiger charge is 2.45. The van der Waals surface area contributed by atoms with E-state index in [0.717, 1.165) is 0 Å². The second kappa shape index (κ2) is 10.3. The highest BCUT2D eigenvalue weighted by molar-refractivity contribution is 5.91. The average Bonchev–Trinajstić information content (AvgIpc) is 2.88. The molecule has 1 aliphatic rings. The Morgan fingerprint density at radius 1 is 0.892 bits per heavy atom. The lowest BCUT2D eigenvalue weighted by Crippen LogP contribution is -2.60. The number of methoxy groups -OCH3 is 3. The molecule has 0 aliphatic carbocycles. The number of hydrogen-bond donors (Lipinski definition) is 6. The molecule has 13 heteroatoms. The molecule has 0 radical (unpaired) electrons. The van der Waals surface area contributed by atoms with Gasteiger partial charge in [-0.3, -0.25) is 4.79 Å². The molecule has 1 aromatic heterocycles. The van der Waals surface area contributed by atoms with Crippen molar-refractivity contribution in [2.75, 3.05) is 27.9 Å². The molecule has 4 rings (SSSR count). The van der Waals surface area contributed by atoms with Crippen molar-refractivity contribution in [3.63, 3.8) is 0 Å². The Bertz CT molecular complexity index is 1350. The Kier molecular flexibility index (Phi) is 7.34. The Morgan fingerprint density at radius 2 is 1.59 bits per heavy atom. The Morgan fingerprint density at radius 3 is 2.19 bits per heavy atom. The van der Waals surface area contributed by atoms with E-state index < -0.39 is 48.5 Å². The SMILES string of the molecule is COc1ccc(-c2oc3cc(O[C@H]4O[C@@H](CO)[C@H](O)[C@H](O)[C@@H]4O)c(OC)c(O)c3c(=O)c2OC)cc1O. The van der Waals surface area contributed by atoms with E-state index in [9.17, 15) is 35.4 Å². The second-order valence-corrected chi connectivity index (χ2v) is 8.13. The van der Waals surface area contributed by atoms with Crippen LogP contribution in [0, 0.1) is 0 Å².